The van der Waals surface area contributed by atoms with E-state index in [0.29, 0.717) is 5.56 Å². The van der Waals surface area contributed by atoms with Crippen LogP contribution in [0.2, 0.25) is 0 Å². The Labute approximate surface area is 139 Å². The third kappa shape index (κ3) is 4.46. The van der Waals surface area contributed by atoms with Crippen molar-refractivity contribution in [2.45, 2.75) is 19.5 Å². The number of terminal acetylenes is 1. The van der Waals surface area contributed by atoms with Gasteiger partial charge in [-0.2, -0.15) is 0 Å². The zero-order chi connectivity index (χ0) is 17.5. The summed E-state index contributed by atoms with van der Waals surface area (Å²) in [5.41, 5.74) is 1.07. The van der Waals surface area contributed by atoms with Gasteiger partial charge in [-0.1, -0.05) is 18.1 Å². The topological polar surface area (TPSA) is 62.6 Å². The highest BCUT2D eigenvalue weighted by Gasteiger charge is 2.22. The lowest BCUT2D eigenvalue weighted by molar-refractivity contribution is -0.132. The van der Waals surface area contributed by atoms with Gasteiger partial charge in [-0.25, -0.2) is 4.39 Å². The van der Waals surface area contributed by atoms with Crippen molar-refractivity contribution in [3.63, 3.8) is 0 Å². The fourth-order valence-corrected chi connectivity index (χ4v) is 2.14. The minimum Gasteiger partial charge on any atom is -0.472 e. The van der Waals surface area contributed by atoms with Crippen molar-refractivity contribution >= 4 is 11.8 Å². The van der Waals surface area contributed by atoms with Crippen molar-refractivity contribution in [3.8, 4) is 12.3 Å². The van der Waals surface area contributed by atoms with Crippen molar-refractivity contribution < 1.29 is 18.4 Å². The molecule has 5 nitrogen and oxygen atoms in total. The molecule has 1 unspecified atom stereocenters. The number of rotatable bonds is 6. The number of nitrogens with one attached hydrogen (secondary N) is 1. The van der Waals surface area contributed by atoms with Crippen LogP contribution < -0.4 is 5.32 Å². The molecule has 0 aliphatic carbocycles. The molecule has 1 atom stereocenters. The molecule has 6 heteroatoms. The number of carbonyl (C=O) groups is 2. The average molecular weight is 328 g/mol. The van der Waals surface area contributed by atoms with Crippen LogP contribution in [0.15, 0.2) is 47.3 Å². The van der Waals surface area contributed by atoms with Gasteiger partial charge in [-0.05, 0) is 30.7 Å². The molecule has 2 amide bonds. The lowest BCUT2D eigenvalue weighted by Gasteiger charge is -2.24. The van der Waals surface area contributed by atoms with Gasteiger partial charge in [-0.3, -0.25) is 9.59 Å². The Morgan fingerprint density at radius 2 is 2.04 bits per heavy atom. The van der Waals surface area contributed by atoms with Gasteiger partial charge in [-0.15, -0.1) is 6.42 Å². The fourth-order valence-electron chi connectivity index (χ4n) is 2.14. The number of furan rings is 1. The summed E-state index contributed by atoms with van der Waals surface area (Å²) in [6.45, 7) is 1.89. The molecular weight excluding hydrogens is 311 g/mol. The van der Waals surface area contributed by atoms with Crippen LogP contribution in [0.1, 0.15) is 22.8 Å². The largest absolute Gasteiger partial charge is 0.472 e. The zero-order valence-corrected chi connectivity index (χ0v) is 13.2. The molecule has 1 heterocycles. The van der Waals surface area contributed by atoms with Gasteiger partial charge in [0.25, 0.3) is 5.91 Å². The highest BCUT2D eigenvalue weighted by atomic mass is 19.1. The number of halogens is 1. The Hall–Kier alpha value is -3.07. The van der Waals surface area contributed by atoms with Gasteiger partial charge in [0.05, 0.1) is 18.4 Å². The predicted molar refractivity (Wildman–Crippen MR) is 86.3 cm³/mol. The first-order chi connectivity index (χ1) is 11.5. The summed E-state index contributed by atoms with van der Waals surface area (Å²) in [5.74, 6) is 1.33. The number of carbonyl (C=O) groups excluding carboxylic acids is 2. The minimum atomic E-state index is -0.763. The van der Waals surface area contributed by atoms with Crippen LogP contribution in [0.4, 0.5) is 4.39 Å². The summed E-state index contributed by atoms with van der Waals surface area (Å²) in [7, 11) is 0. The molecule has 0 saturated carbocycles. The van der Waals surface area contributed by atoms with Crippen LogP contribution in [-0.2, 0) is 11.3 Å². The first-order valence-electron chi connectivity index (χ1n) is 7.31. The normalized spacial score (nSPS) is 11.4. The summed E-state index contributed by atoms with van der Waals surface area (Å²) in [4.78, 5) is 25.9. The van der Waals surface area contributed by atoms with E-state index in [2.05, 4.69) is 11.2 Å². The molecule has 0 fully saturated rings. The van der Waals surface area contributed by atoms with E-state index in [1.165, 1.54) is 35.6 Å². The molecule has 124 valence electrons. The number of hydrogen-bond acceptors (Lipinski definition) is 3. The second-order valence-electron chi connectivity index (χ2n) is 5.23. The lowest BCUT2D eigenvalue weighted by atomic mass is 10.2. The third-order valence-electron chi connectivity index (χ3n) is 3.38. The van der Waals surface area contributed by atoms with Crippen LogP contribution in [-0.4, -0.2) is 29.3 Å². The van der Waals surface area contributed by atoms with Gasteiger partial charge < -0.3 is 14.6 Å². The SMILES string of the molecule is C#CCN(Cc1ccc(F)cc1)C(=O)C(C)NC(=O)c1ccoc1. The van der Waals surface area contributed by atoms with Crippen LogP contribution in [0, 0.1) is 18.2 Å². The van der Waals surface area contributed by atoms with E-state index >= 15 is 0 Å². The maximum atomic E-state index is 13.0. The zero-order valence-electron chi connectivity index (χ0n) is 13.2. The number of hydrogen-bond donors (Lipinski definition) is 1. The smallest absolute Gasteiger partial charge is 0.255 e. The molecule has 1 aromatic heterocycles. The van der Waals surface area contributed by atoms with Crippen LogP contribution in [0.3, 0.4) is 0 Å². The fraction of sp³-hybridized carbons (Fsp3) is 0.222. The third-order valence-corrected chi connectivity index (χ3v) is 3.38. The molecule has 0 radical (unpaired) electrons. The van der Waals surface area contributed by atoms with Gasteiger partial charge in [0.2, 0.25) is 5.91 Å². The maximum absolute atomic E-state index is 13.0. The van der Waals surface area contributed by atoms with E-state index in [9.17, 15) is 14.0 Å². The number of amides is 2. The summed E-state index contributed by atoms with van der Waals surface area (Å²) in [5, 5.41) is 2.60. The lowest BCUT2D eigenvalue weighted by Crippen LogP contribution is -2.46. The van der Waals surface area contributed by atoms with E-state index < -0.39 is 11.9 Å². The van der Waals surface area contributed by atoms with E-state index in [1.807, 2.05) is 0 Å². The highest BCUT2D eigenvalue weighted by molar-refractivity contribution is 5.97. The summed E-state index contributed by atoms with van der Waals surface area (Å²) >= 11 is 0. The molecule has 2 rings (SSSR count). The predicted octanol–water partition coefficient (Wildman–Crippen LogP) is 2.20. The van der Waals surface area contributed by atoms with Crippen molar-refractivity contribution in [1.29, 1.82) is 0 Å². The molecule has 0 saturated heterocycles. The number of nitrogens with zero attached hydrogens (tertiary/aromatic N) is 1. The molecule has 0 spiro atoms. The van der Waals surface area contributed by atoms with Crippen LogP contribution in [0.5, 0.6) is 0 Å². The second kappa shape index (κ2) is 7.97. The van der Waals surface area contributed by atoms with Crippen molar-refractivity contribution in [2.24, 2.45) is 0 Å². The maximum Gasteiger partial charge on any atom is 0.255 e. The monoisotopic (exact) mass is 328 g/mol. The van der Waals surface area contributed by atoms with E-state index in [0.717, 1.165) is 5.56 Å². The Kier molecular flexibility index (Phi) is 5.74. The molecule has 2 aromatic rings. The highest BCUT2D eigenvalue weighted by Crippen LogP contribution is 2.08. The standard InChI is InChI=1S/C18H17FN2O3/c1-3-9-21(11-14-4-6-16(19)7-5-14)18(23)13(2)20-17(22)15-8-10-24-12-15/h1,4-8,10,12-13H,9,11H2,2H3,(H,20,22). The molecule has 0 bridgehead atoms. The van der Waals surface area contributed by atoms with Crippen LogP contribution in [0.25, 0.3) is 0 Å². The van der Waals surface area contributed by atoms with E-state index in [1.54, 1.807) is 19.1 Å². The van der Waals surface area contributed by atoms with Gasteiger partial charge in [0.15, 0.2) is 0 Å². The average Bonchev–Trinajstić information content (AvgIpc) is 3.10. The summed E-state index contributed by atoms with van der Waals surface area (Å²) < 4.78 is 17.8. The van der Waals surface area contributed by atoms with Crippen molar-refractivity contribution in [1.82, 2.24) is 10.2 Å². The molecule has 0 aliphatic heterocycles. The summed E-state index contributed by atoms with van der Waals surface area (Å²) in [6.07, 6.45) is 7.99. The Morgan fingerprint density at radius 3 is 2.62 bits per heavy atom. The first kappa shape index (κ1) is 17.3. The quantitative estimate of drug-likeness (QED) is 0.827. The minimum absolute atomic E-state index is 0.0854. The van der Waals surface area contributed by atoms with Crippen molar-refractivity contribution in [2.75, 3.05) is 6.54 Å². The number of benzene rings is 1. The molecular formula is C18H17FN2O3. The molecule has 1 aromatic carbocycles. The second-order valence-corrected chi connectivity index (χ2v) is 5.23. The molecule has 24 heavy (non-hydrogen) atoms. The Morgan fingerprint density at radius 1 is 1.33 bits per heavy atom. The molecule has 0 aliphatic rings. The van der Waals surface area contributed by atoms with Gasteiger partial charge in [0.1, 0.15) is 18.1 Å². The molecule has 1 N–H and O–H groups in total. The van der Waals surface area contributed by atoms with Gasteiger partial charge in [0, 0.05) is 6.54 Å². The van der Waals surface area contributed by atoms with E-state index in [4.69, 9.17) is 10.8 Å². The van der Waals surface area contributed by atoms with Crippen molar-refractivity contribution in [3.05, 3.63) is 59.8 Å². The van der Waals surface area contributed by atoms with Gasteiger partial charge >= 0.3 is 0 Å². The Bertz CT molecular complexity index is 733. The first-order valence-corrected chi connectivity index (χ1v) is 7.31. The summed E-state index contributed by atoms with van der Waals surface area (Å²) in [6, 6.07) is 6.54. The van der Waals surface area contributed by atoms with Crippen LogP contribution >= 0.6 is 0 Å². The Balaban J connectivity index is 2.03. The van der Waals surface area contributed by atoms with E-state index in [-0.39, 0.29) is 24.8 Å².